The van der Waals surface area contributed by atoms with Crippen LogP contribution in [0.3, 0.4) is 0 Å². The van der Waals surface area contributed by atoms with Crippen molar-refractivity contribution in [1.82, 2.24) is 4.98 Å². The van der Waals surface area contributed by atoms with Crippen LogP contribution in [0, 0.1) is 0 Å². The van der Waals surface area contributed by atoms with Crippen LogP contribution in [0.2, 0.25) is 0 Å². The van der Waals surface area contributed by atoms with Crippen molar-refractivity contribution in [2.24, 2.45) is 0 Å². The topological polar surface area (TPSA) is 22.1 Å². The number of hydrogen-bond acceptors (Lipinski definition) is 2. The molecule has 4 aromatic rings. The summed E-state index contributed by atoms with van der Waals surface area (Å²) in [7, 11) is 1.71. The average molecular weight is 285 g/mol. The summed E-state index contributed by atoms with van der Waals surface area (Å²) < 4.78 is 5.57. The van der Waals surface area contributed by atoms with Crippen molar-refractivity contribution in [1.29, 1.82) is 0 Å². The molecule has 0 saturated carbocycles. The lowest BCUT2D eigenvalue weighted by Crippen LogP contribution is -1.91. The minimum atomic E-state index is 0.878. The maximum absolute atomic E-state index is 5.57. The highest BCUT2D eigenvalue weighted by atomic mass is 16.5. The summed E-state index contributed by atoms with van der Waals surface area (Å²) in [5, 5.41) is 4.62. The minimum absolute atomic E-state index is 0.878. The lowest BCUT2D eigenvalue weighted by Gasteiger charge is -2.12. The van der Waals surface area contributed by atoms with Gasteiger partial charge in [-0.3, -0.25) is 4.98 Å². The molecule has 2 heteroatoms. The molecule has 22 heavy (non-hydrogen) atoms. The van der Waals surface area contributed by atoms with Gasteiger partial charge in [0, 0.05) is 22.5 Å². The summed E-state index contributed by atoms with van der Waals surface area (Å²) in [4.78, 5) is 4.65. The molecule has 1 aromatic heterocycles. The van der Waals surface area contributed by atoms with E-state index in [1.807, 2.05) is 24.4 Å². The molecule has 0 N–H and O–H groups in total. The Hall–Kier alpha value is -2.87. The van der Waals surface area contributed by atoms with Crippen LogP contribution in [0.1, 0.15) is 0 Å². The largest absolute Gasteiger partial charge is 0.496 e. The Bertz CT molecular complexity index is 965. The molecule has 0 radical (unpaired) electrons. The highest BCUT2D eigenvalue weighted by Crippen LogP contribution is 2.36. The van der Waals surface area contributed by atoms with Gasteiger partial charge >= 0.3 is 0 Å². The molecule has 0 aliphatic rings. The molecule has 0 fully saturated rings. The molecule has 3 aromatic carbocycles. The number of benzene rings is 3. The van der Waals surface area contributed by atoms with Crippen molar-refractivity contribution in [3.63, 3.8) is 0 Å². The van der Waals surface area contributed by atoms with Crippen LogP contribution >= 0.6 is 0 Å². The lowest BCUT2D eigenvalue weighted by atomic mass is 9.97. The van der Waals surface area contributed by atoms with E-state index in [9.17, 15) is 0 Å². The Morgan fingerprint density at radius 2 is 1.55 bits per heavy atom. The van der Waals surface area contributed by atoms with Crippen LogP contribution < -0.4 is 4.74 Å². The van der Waals surface area contributed by atoms with E-state index in [0.717, 1.165) is 33.2 Å². The fourth-order valence-corrected chi connectivity index (χ4v) is 3.01. The third-order valence-electron chi connectivity index (χ3n) is 4.02. The number of fused-ring (bicyclic) bond motifs is 2. The average Bonchev–Trinajstić information content (AvgIpc) is 2.60. The van der Waals surface area contributed by atoms with E-state index in [-0.39, 0.29) is 0 Å². The second-order valence-electron chi connectivity index (χ2n) is 5.24. The fourth-order valence-electron chi connectivity index (χ4n) is 3.01. The van der Waals surface area contributed by atoms with Crippen molar-refractivity contribution in [2.75, 3.05) is 7.11 Å². The van der Waals surface area contributed by atoms with E-state index in [2.05, 4.69) is 53.5 Å². The van der Waals surface area contributed by atoms with Gasteiger partial charge in [0.1, 0.15) is 5.75 Å². The van der Waals surface area contributed by atoms with E-state index >= 15 is 0 Å². The van der Waals surface area contributed by atoms with Crippen LogP contribution in [0.25, 0.3) is 32.8 Å². The van der Waals surface area contributed by atoms with E-state index in [4.69, 9.17) is 4.74 Å². The van der Waals surface area contributed by atoms with Gasteiger partial charge in [-0.05, 0) is 22.9 Å². The van der Waals surface area contributed by atoms with Gasteiger partial charge in [-0.1, -0.05) is 54.6 Å². The molecule has 1 heterocycles. The number of pyridine rings is 1. The molecule has 2 nitrogen and oxygen atoms in total. The van der Waals surface area contributed by atoms with Gasteiger partial charge in [0.05, 0.1) is 12.8 Å². The molecule has 0 aliphatic carbocycles. The molecular weight excluding hydrogens is 270 g/mol. The standard InChI is InChI=1S/C20H15NO/c1-22-18-11-5-8-15-7-4-10-17(19(15)18)20-16-9-3-2-6-14(16)12-13-21-20/h2-13H,1H3. The highest BCUT2D eigenvalue weighted by Gasteiger charge is 2.12. The Labute approximate surface area is 129 Å². The monoisotopic (exact) mass is 285 g/mol. The zero-order valence-corrected chi connectivity index (χ0v) is 12.3. The van der Waals surface area contributed by atoms with Crippen molar-refractivity contribution >= 4 is 21.5 Å². The molecule has 0 bridgehead atoms. The summed E-state index contributed by atoms with van der Waals surface area (Å²) >= 11 is 0. The summed E-state index contributed by atoms with van der Waals surface area (Å²) in [5.41, 5.74) is 2.10. The molecule has 4 rings (SSSR count). The second kappa shape index (κ2) is 5.15. The third kappa shape index (κ3) is 1.92. The van der Waals surface area contributed by atoms with Crippen LogP contribution in [-0.4, -0.2) is 12.1 Å². The number of ether oxygens (including phenoxy) is 1. The summed E-state index contributed by atoms with van der Waals surface area (Å²) in [6.07, 6.45) is 1.87. The lowest BCUT2D eigenvalue weighted by molar-refractivity contribution is 0.420. The van der Waals surface area contributed by atoms with Gasteiger partial charge in [-0.25, -0.2) is 0 Å². The minimum Gasteiger partial charge on any atom is -0.496 e. The maximum Gasteiger partial charge on any atom is 0.127 e. The predicted octanol–water partition coefficient (Wildman–Crippen LogP) is 5.06. The zero-order chi connectivity index (χ0) is 14.9. The molecule has 0 aliphatic heterocycles. The SMILES string of the molecule is COc1cccc2cccc(-c3nccc4ccccc34)c12. The number of rotatable bonds is 2. The summed E-state index contributed by atoms with van der Waals surface area (Å²) in [5.74, 6) is 0.878. The maximum atomic E-state index is 5.57. The first-order valence-corrected chi connectivity index (χ1v) is 7.28. The normalized spacial score (nSPS) is 11.0. The van der Waals surface area contributed by atoms with Gasteiger partial charge in [-0.15, -0.1) is 0 Å². The summed E-state index contributed by atoms with van der Waals surface area (Å²) in [6.45, 7) is 0. The first kappa shape index (κ1) is 12.8. The number of hydrogen-bond donors (Lipinski definition) is 0. The van der Waals surface area contributed by atoms with Crippen LogP contribution in [0.15, 0.2) is 72.9 Å². The Morgan fingerprint density at radius 3 is 2.41 bits per heavy atom. The molecule has 0 unspecified atom stereocenters. The fraction of sp³-hybridized carbons (Fsp3) is 0.0500. The van der Waals surface area contributed by atoms with Crippen LogP contribution in [-0.2, 0) is 0 Å². The van der Waals surface area contributed by atoms with Gasteiger partial charge in [-0.2, -0.15) is 0 Å². The van der Waals surface area contributed by atoms with Gasteiger partial charge in [0.15, 0.2) is 0 Å². The van der Waals surface area contributed by atoms with E-state index < -0.39 is 0 Å². The van der Waals surface area contributed by atoms with Crippen molar-refractivity contribution in [3.05, 3.63) is 72.9 Å². The van der Waals surface area contributed by atoms with E-state index in [1.165, 1.54) is 5.39 Å². The third-order valence-corrected chi connectivity index (χ3v) is 4.02. The highest BCUT2D eigenvalue weighted by molar-refractivity contribution is 6.06. The second-order valence-corrected chi connectivity index (χ2v) is 5.24. The number of aromatic nitrogens is 1. The van der Waals surface area contributed by atoms with Gasteiger partial charge in [0.2, 0.25) is 0 Å². The molecule has 0 atom stereocenters. The quantitative estimate of drug-likeness (QED) is 0.513. The molecule has 0 amide bonds. The molecular formula is C20H15NO. The number of methoxy groups -OCH3 is 1. The van der Waals surface area contributed by atoms with Gasteiger partial charge < -0.3 is 4.74 Å². The van der Waals surface area contributed by atoms with Crippen molar-refractivity contribution in [2.45, 2.75) is 0 Å². The van der Waals surface area contributed by atoms with E-state index in [0.29, 0.717) is 0 Å². The van der Waals surface area contributed by atoms with E-state index in [1.54, 1.807) is 7.11 Å². The van der Waals surface area contributed by atoms with Crippen LogP contribution in [0.4, 0.5) is 0 Å². The van der Waals surface area contributed by atoms with Crippen molar-refractivity contribution in [3.8, 4) is 17.0 Å². The molecule has 106 valence electrons. The number of nitrogens with zero attached hydrogens (tertiary/aromatic N) is 1. The Balaban J connectivity index is 2.13. The van der Waals surface area contributed by atoms with Crippen molar-refractivity contribution < 1.29 is 4.74 Å². The van der Waals surface area contributed by atoms with Gasteiger partial charge in [0.25, 0.3) is 0 Å². The summed E-state index contributed by atoms with van der Waals surface area (Å²) in [6, 6.07) is 22.8. The molecule has 0 saturated heterocycles. The Morgan fingerprint density at radius 1 is 0.773 bits per heavy atom. The zero-order valence-electron chi connectivity index (χ0n) is 12.3. The first-order chi connectivity index (χ1) is 10.9. The predicted molar refractivity (Wildman–Crippen MR) is 91.2 cm³/mol. The first-order valence-electron chi connectivity index (χ1n) is 7.28. The molecule has 0 spiro atoms. The smallest absolute Gasteiger partial charge is 0.127 e. The van der Waals surface area contributed by atoms with Crippen LogP contribution in [0.5, 0.6) is 5.75 Å². The Kier molecular flexibility index (Phi) is 3.01.